The van der Waals surface area contributed by atoms with Crippen molar-refractivity contribution in [1.29, 1.82) is 0 Å². The number of thiophene rings is 1. The Hall–Kier alpha value is -0.480. The summed E-state index contributed by atoms with van der Waals surface area (Å²) >= 11 is 3.91. The first kappa shape index (κ1) is 16.6. The van der Waals surface area contributed by atoms with Gasteiger partial charge < -0.3 is 10.2 Å². The lowest BCUT2D eigenvalue weighted by atomic mass is 10.2. The number of nitrogens with one attached hydrogen (secondary N) is 1. The van der Waals surface area contributed by atoms with E-state index in [1.54, 1.807) is 6.92 Å². The van der Waals surface area contributed by atoms with Crippen molar-refractivity contribution >= 4 is 43.3 Å². The van der Waals surface area contributed by atoms with Crippen LogP contribution in [0.4, 0.5) is 0 Å². The molecule has 9 heteroatoms. The maximum atomic E-state index is 12.1. The molecule has 0 aliphatic heterocycles. The average Bonchev–Trinajstić information content (AvgIpc) is 2.69. The molecule has 3 N–H and O–H groups in total. The fraction of sp³-hybridized carbons (Fsp3) is 0.500. The summed E-state index contributed by atoms with van der Waals surface area (Å²) in [6.45, 7) is 1.68. The van der Waals surface area contributed by atoms with Crippen molar-refractivity contribution < 1.29 is 23.4 Å². The first-order valence-corrected chi connectivity index (χ1v) is 8.53. The SMILES string of the molecule is CC(CCCO)NS(=O)(=O)c1cc(C(=O)O)sc1Br. The van der Waals surface area contributed by atoms with Gasteiger partial charge in [0, 0.05) is 12.6 Å². The summed E-state index contributed by atoms with van der Waals surface area (Å²) in [6.07, 6.45) is 0.998. The van der Waals surface area contributed by atoms with E-state index in [0.29, 0.717) is 12.8 Å². The van der Waals surface area contributed by atoms with E-state index in [2.05, 4.69) is 20.7 Å². The third-order valence-electron chi connectivity index (χ3n) is 2.31. The van der Waals surface area contributed by atoms with Crippen molar-refractivity contribution in [2.24, 2.45) is 0 Å². The molecular formula is C10H14BrNO5S2. The lowest BCUT2D eigenvalue weighted by molar-refractivity contribution is 0.0702. The second kappa shape index (κ2) is 6.80. The number of rotatable bonds is 7. The van der Waals surface area contributed by atoms with Crippen LogP contribution < -0.4 is 4.72 Å². The molecule has 1 aromatic heterocycles. The summed E-state index contributed by atoms with van der Waals surface area (Å²) < 4.78 is 26.8. The molecule has 0 radical (unpaired) electrons. The molecule has 19 heavy (non-hydrogen) atoms. The van der Waals surface area contributed by atoms with Crippen molar-refractivity contribution in [2.45, 2.75) is 30.7 Å². The fourth-order valence-electron chi connectivity index (χ4n) is 1.43. The number of carboxylic acid groups (broad SMARTS) is 1. The first-order valence-electron chi connectivity index (χ1n) is 5.43. The van der Waals surface area contributed by atoms with Crippen molar-refractivity contribution in [3.8, 4) is 0 Å². The van der Waals surface area contributed by atoms with Gasteiger partial charge in [-0.25, -0.2) is 17.9 Å². The third kappa shape index (κ3) is 4.53. The molecule has 0 spiro atoms. The van der Waals surface area contributed by atoms with Gasteiger partial charge in [-0.2, -0.15) is 0 Å². The number of aliphatic hydroxyl groups excluding tert-OH is 1. The molecule has 0 fully saturated rings. The highest BCUT2D eigenvalue weighted by molar-refractivity contribution is 9.11. The minimum absolute atomic E-state index is 0.00260. The molecule has 0 amide bonds. The molecule has 0 saturated carbocycles. The zero-order valence-corrected chi connectivity index (χ0v) is 13.3. The molecule has 1 heterocycles. The number of aliphatic hydroxyl groups is 1. The molecule has 6 nitrogen and oxygen atoms in total. The summed E-state index contributed by atoms with van der Waals surface area (Å²) in [7, 11) is -3.76. The van der Waals surface area contributed by atoms with Gasteiger partial charge in [-0.1, -0.05) is 0 Å². The highest BCUT2D eigenvalue weighted by Crippen LogP contribution is 2.31. The molecule has 1 rings (SSSR count). The smallest absolute Gasteiger partial charge is 0.345 e. The Labute approximate surface area is 123 Å². The number of carbonyl (C=O) groups is 1. The van der Waals surface area contributed by atoms with E-state index in [4.69, 9.17) is 10.2 Å². The molecule has 1 atom stereocenters. The summed E-state index contributed by atoms with van der Waals surface area (Å²) in [5.74, 6) is -1.17. The zero-order valence-electron chi connectivity index (χ0n) is 10.1. The van der Waals surface area contributed by atoms with Crippen LogP contribution in [-0.2, 0) is 10.0 Å². The maximum Gasteiger partial charge on any atom is 0.345 e. The van der Waals surface area contributed by atoms with Gasteiger partial charge in [0.15, 0.2) is 0 Å². The Morgan fingerprint density at radius 2 is 2.21 bits per heavy atom. The molecule has 0 aliphatic rings. The second-order valence-corrected chi connectivity index (χ2v) is 7.99. The molecule has 1 aromatic rings. The van der Waals surface area contributed by atoms with Gasteiger partial charge in [-0.15, -0.1) is 11.3 Å². The van der Waals surface area contributed by atoms with Crippen LogP contribution in [0, 0.1) is 0 Å². The molecule has 0 aliphatic carbocycles. The quantitative estimate of drug-likeness (QED) is 0.675. The summed E-state index contributed by atoms with van der Waals surface area (Å²) in [6, 6.07) is 0.787. The average molecular weight is 372 g/mol. The predicted octanol–water partition coefficient (Wildman–Crippen LogP) is 1.65. The number of hydrogen-bond donors (Lipinski definition) is 3. The van der Waals surface area contributed by atoms with Gasteiger partial charge in [0.25, 0.3) is 0 Å². The fourth-order valence-corrected chi connectivity index (χ4v) is 5.11. The lowest BCUT2D eigenvalue weighted by Crippen LogP contribution is -2.32. The Balaban J connectivity index is 2.91. The summed E-state index contributed by atoms with van der Waals surface area (Å²) in [5.41, 5.74) is 0. The van der Waals surface area contributed by atoms with Gasteiger partial charge in [0.2, 0.25) is 10.0 Å². The number of sulfonamides is 1. The maximum absolute atomic E-state index is 12.1. The Kier molecular flexibility index (Phi) is 5.93. The van der Waals surface area contributed by atoms with Gasteiger partial charge in [-0.3, -0.25) is 0 Å². The van der Waals surface area contributed by atoms with E-state index in [1.165, 1.54) is 0 Å². The molecule has 108 valence electrons. The van der Waals surface area contributed by atoms with Crippen LogP contribution in [0.2, 0.25) is 0 Å². The standard InChI is InChI=1S/C10H14BrNO5S2/c1-6(3-2-4-13)12-19(16,17)8-5-7(10(14)15)18-9(8)11/h5-6,12-13H,2-4H2,1H3,(H,14,15). The van der Waals surface area contributed by atoms with E-state index < -0.39 is 16.0 Å². The van der Waals surface area contributed by atoms with Crippen molar-refractivity contribution in [1.82, 2.24) is 4.72 Å². The van der Waals surface area contributed by atoms with Crippen LogP contribution in [-0.4, -0.2) is 37.2 Å². The van der Waals surface area contributed by atoms with E-state index in [0.717, 1.165) is 17.4 Å². The Morgan fingerprint density at radius 1 is 1.58 bits per heavy atom. The largest absolute Gasteiger partial charge is 0.477 e. The first-order chi connectivity index (χ1) is 8.77. The number of aromatic carboxylic acids is 1. The number of hydrogen-bond acceptors (Lipinski definition) is 5. The normalized spacial score (nSPS) is 13.4. The van der Waals surface area contributed by atoms with Crippen LogP contribution in [0.25, 0.3) is 0 Å². The van der Waals surface area contributed by atoms with Crippen LogP contribution in [0.3, 0.4) is 0 Å². The van der Waals surface area contributed by atoms with Crippen molar-refractivity contribution in [2.75, 3.05) is 6.61 Å². The van der Waals surface area contributed by atoms with E-state index in [9.17, 15) is 13.2 Å². The lowest BCUT2D eigenvalue weighted by Gasteiger charge is -2.12. The van der Waals surface area contributed by atoms with E-state index in [-0.39, 0.29) is 26.2 Å². The van der Waals surface area contributed by atoms with Gasteiger partial charge in [0.1, 0.15) is 9.77 Å². The molecule has 0 aromatic carbocycles. The summed E-state index contributed by atoms with van der Waals surface area (Å²) in [5, 5.41) is 17.5. The third-order valence-corrected chi connectivity index (χ3v) is 6.14. The number of carboxylic acids is 1. The topological polar surface area (TPSA) is 104 Å². The second-order valence-electron chi connectivity index (χ2n) is 3.94. The molecule has 0 saturated heterocycles. The highest BCUT2D eigenvalue weighted by Gasteiger charge is 2.24. The van der Waals surface area contributed by atoms with E-state index in [1.807, 2.05) is 0 Å². The minimum atomic E-state index is -3.76. The van der Waals surface area contributed by atoms with Gasteiger partial charge in [0.05, 0.1) is 3.79 Å². The molecular weight excluding hydrogens is 358 g/mol. The zero-order chi connectivity index (χ0) is 14.6. The Morgan fingerprint density at radius 3 is 2.68 bits per heavy atom. The highest BCUT2D eigenvalue weighted by atomic mass is 79.9. The van der Waals surface area contributed by atoms with Gasteiger partial charge in [-0.05, 0) is 41.8 Å². The van der Waals surface area contributed by atoms with Crippen LogP contribution >= 0.6 is 27.3 Å². The molecule has 1 unspecified atom stereocenters. The minimum Gasteiger partial charge on any atom is -0.477 e. The van der Waals surface area contributed by atoms with Gasteiger partial charge >= 0.3 is 5.97 Å². The summed E-state index contributed by atoms with van der Waals surface area (Å²) in [4.78, 5) is 10.7. The monoisotopic (exact) mass is 371 g/mol. The van der Waals surface area contributed by atoms with Crippen LogP contribution in [0.15, 0.2) is 14.7 Å². The van der Waals surface area contributed by atoms with E-state index >= 15 is 0 Å². The van der Waals surface area contributed by atoms with Crippen molar-refractivity contribution in [3.63, 3.8) is 0 Å². The van der Waals surface area contributed by atoms with Crippen LogP contribution in [0.1, 0.15) is 29.4 Å². The predicted molar refractivity (Wildman–Crippen MR) is 75.1 cm³/mol. The van der Waals surface area contributed by atoms with Crippen LogP contribution in [0.5, 0.6) is 0 Å². The Bertz CT molecular complexity index is 554. The van der Waals surface area contributed by atoms with Crippen molar-refractivity contribution in [3.05, 3.63) is 14.7 Å². The number of halogens is 1. The molecule has 0 bridgehead atoms.